The van der Waals surface area contributed by atoms with Gasteiger partial charge in [0.25, 0.3) is 0 Å². The lowest BCUT2D eigenvalue weighted by atomic mass is 10.1. The van der Waals surface area contributed by atoms with Crippen LogP contribution in [0.4, 0.5) is 5.69 Å². The van der Waals surface area contributed by atoms with Crippen LogP contribution in [0, 0.1) is 5.92 Å². The topological polar surface area (TPSA) is 39.7 Å². The van der Waals surface area contributed by atoms with E-state index in [0.717, 1.165) is 38.6 Å². The molecule has 2 aromatic rings. The Balaban J connectivity index is 0.00000243. The van der Waals surface area contributed by atoms with E-state index in [1.165, 1.54) is 17.7 Å². The molecule has 0 saturated carbocycles. The average molecular weight is 464 g/mol. The Morgan fingerprint density at radius 1 is 1.04 bits per heavy atom. The SMILES string of the molecule is CN=C(NCCc1ccccc1)NCC1CCN(c2ccccc2)C1.I. The Labute approximate surface area is 174 Å². The van der Waals surface area contributed by atoms with Crippen LogP contribution in [0.3, 0.4) is 0 Å². The molecule has 0 amide bonds. The number of hydrogen-bond donors (Lipinski definition) is 2. The molecule has 0 aliphatic carbocycles. The second-order valence-corrected chi connectivity index (χ2v) is 6.55. The van der Waals surface area contributed by atoms with Crippen molar-refractivity contribution >= 4 is 35.6 Å². The fourth-order valence-corrected chi connectivity index (χ4v) is 3.30. The zero-order chi connectivity index (χ0) is 17.3. The second-order valence-electron chi connectivity index (χ2n) is 6.55. The Morgan fingerprint density at radius 3 is 2.42 bits per heavy atom. The molecule has 1 heterocycles. The maximum Gasteiger partial charge on any atom is 0.190 e. The van der Waals surface area contributed by atoms with E-state index >= 15 is 0 Å². The molecule has 1 atom stereocenters. The summed E-state index contributed by atoms with van der Waals surface area (Å²) < 4.78 is 0. The summed E-state index contributed by atoms with van der Waals surface area (Å²) in [7, 11) is 1.84. The third kappa shape index (κ3) is 6.20. The number of hydrogen-bond acceptors (Lipinski definition) is 2. The number of guanidine groups is 1. The van der Waals surface area contributed by atoms with Crippen molar-refractivity contribution in [2.75, 3.05) is 38.1 Å². The lowest BCUT2D eigenvalue weighted by Crippen LogP contribution is -2.41. The molecule has 1 aliphatic heterocycles. The van der Waals surface area contributed by atoms with E-state index in [1.807, 2.05) is 7.05 Å². The molecule has 2 aromatic carbocycles. The maximum absolute atomic E-state index is 4.34. The van der Waals surface area contributed by atoms with Crippen molar-refractivity contribution in [3.8, 4) is 0 Å². The molecule has 4 nitrogen and oxygen atoms in total. The highest BCUT2D eigenvalue weighted by atomic mass is 127. The van der Waals surface area contributed by atoms with Crippen LogP contribution in [0.2, 0.25) is 0 Å². The monoisotopic (exact) mass is 464 g/mol. The van der Waals surface area contributed by atoms with E-state index in [-0.39, 0.29) is 24.0 Å². The molecule has 2 N–H and O–H groups in total. The van der Waals surface area contributed by atoms with Crippen molar-refractivity contribution in [2.24, 2.45) is 10.9 Å². The van der Waals surface area contributed by atoms with Crippen LogP contribution in [-0.2, 0) is 6.42 Å². The first-order chi connectivity index (χ1) is 12.3. The van der Waals surface area contributed by atoms with Gasteiger partial charge in [0.15, 0.2) is 5.96 Å². The Kier molecular flexibility index (Phi) is 8.74. The van der Waals surface area contributed by atoms with Crippen molar-refractivity contribution in [1.29, 1.82) is 0 Å². The van der Waals surface area contributed by atoms with Crippen LogP contribution in [-0.4, -0.2) is 39.2 Å². The largest absolute Gasteiger partial charge is 0.371 e. The molecule has 0 aromatic heterocycles. The predicted octanol–water partition coefficient (Wildman–Crippen LogP) is 3.54. The fourth-order valence-electron chi connectivity index (χ4n) is 3.30. The smallest absolute Gasteiger partial charge is 0.190 e. The maximum atomic E-state index is 4.34. The normalized spacial score (nSPS) is 16.9. The van der Waals surface area contributed by atoms with Gasteiger partial charge < -0.3 is 15.5 Å². The quantitative estimate of drug-likeness (QED) is 0.391. The Morgan fingerprint density at radius 2 is 1.73 bits per heavy atom. The van der Waals surface area contributed by atoms with Crippen LogP contribution in [0.5, 0.6) is 0 Å². The van der Waals surface area contributed by atoms with Gasteiger partial charge in [-0.15, -0.1) is 24.0 Å². The summed E-state index contributed by atoms with van der Waals surface area (Å²) >= 11 is 0. The summed E-state index contributed by atoms with van der Waals surface area (Å²) in [5.74, 6) is 1.56. The third-order valence-electron chi connectivity index (χ3n) is 4.74. The zero-order valence-corrected chi connectivity index (χ0v) is 17.7. The molecule has 1 unspecified atom stereocenters. The summed E-state index contributed by atoms with van der Waals surface area (Å²) in [5, 5.41) is 6.89. The molecule has 0 spiro atoms. The molecule has 26 heavy (non-hydrogen) atoms. The van der Waals surface area contributed by atoms with Gasteiger partial charge in [0.1, 0.15) is 0 Å². The van der Waals surface area contributed by atoms with E-state index in [9.17, 15) is 0 Å². The Hall–Kier alpha value is -1.76. The first-order valence-corrected chi connectivity index (χ1v) is 9.13. The molecule has 1 fully saturated rings. The van der Waals surface area contributed by atoms with Crippen molar-refractivity contribution in [3.05, 3.63) is 66.2 Å². The molecule has 3 rings (SSSR count). The Bertz CT molecular complexity index is 660. The number of para-hydroxylation sites is 1. The molecular weight excluding hydrogens is 435 g/mol. The lowest BCUT2D eigenvalue weighted by molar-refractivity contribution is 0.566. The molecule has 0 radical (unpaired) electrons. The predicted molar refractivity (Wildman–Crippen MR) is 122 cm³/mol. The number of rotatable bonds is 6. The number of nitrogens with one attached hydrogen (secondary N) is 2. The zero-order valence-electron chi connectivity index (χ0n) is 15.4. The fraction of sp³-hybridized carbons (Fsp3) is 0.381. The number of nitrogens with zero attached hydrogens (tertiary/aromatic N) is 2. The summed E-state index contributed by atoms with van der Waals surface area (Å²) in [6.45, 7) is 4.10. The van der Waals surface area contributed by atoms with Gasteiger partial charge >= 0.3 is 0 Å². The van der Waals surface area contributed by atoms with E-state index in [2.05, 4.69) is 81.2 Å². The minimum atomic E-state index is 0. The molecule has 0 bridgehead atoms. The highest BCUT2D eigenvalue weighted by Crippen LogP contribution is 2.22. The summed E-state index contributed by atoms with van der Waals surface area (Å²) in [6.07, 6.45) is 2.23. The minimum Gasteiger partial charge on any atom is -0.371 e. The van der Waals surface area contributed by atoms with Crippen LogP contribution < -0.4 is 15.5 Å². The summed E-state index contributed by atoms with van der Waals surface area (Å²) in [6, 6.07) is 21.2. The lowest BCUT2D eigenvalue weighted by Gasteiger charge is -2.19. The van der Waals surface area contributed by atoms with Gasteiger partial charge in [-0.25, -0.2) is 0 Å². The van der Waals surface area contributed by atoms with E-state index in [1.54, 1.807) is 0 Å². The van der Waals surface area contributed by atoms with Gasteiger partial charge in [0, 0.05) is 38.9 Å². The van der Waals surface area contributed by atoms with E-state index in [4.69, 9.17) is 0 Å². The van der Waals surface area contributed by atoms with Crippen molar-refractivity contribution in [1.82, 2.24) is 10.6 Å². The van der Waals surface area contributed by atoms with E-state index < -0.39 is 0 Å². The van der Waals surface area contributed by atoms with Crippen molar-refractivity contribution in [3.63, 3.8) is 0 Å². The van der Waals surface area contributed by atoms with Gasteiger partial charge in [0.05, 0.1) is 0 Å². The third-order valence-corrected chi connectivity index (χ3v) is 4.74. The highest BCUT2D eigenvalue weighted by molar-refractivity contribution is 14.0. The van der Waals surface area contributed by atoms with Crippen LogP contribution in [0.25, 0.3) is 0 Å². The second kappa shape index (κ2) is 11.1. The van der Waals surface area contributed by atoms with Crippen molar-refractivity contribution in [2.45, 2.75) is 12.8 Å². The van der Waals surface area contributed by atoms with Gasteiger partial charge in [-0.3, -0.25) is 4.99 Å². The first-order valence-electron chi connectivity index (χ1n) is 9.13. The van der Waals surface area contributed by atoms with Crippen LogP contribution >= 0.6 is 24.0 Å². The van der Waals surface area contributed by atoms with Gasteiger partial charge in [-0.05, 0) is 36.5 Å². The molecule has 1 aliphatic rings. The van der Waals surface area contributed by atoms with Crippen LogP contribution in [0.15, 0.2) is 65.7 Å². The summed E-state index contributed by atoms with van der Waals surface area (Å²) in [4.78, 5) is 6.81. The molecule has 140 valence electrons. The van der Waals surface area contributed by atoms with Gasteiger partial charge in [-0.2, -0.15) is 0 Å². The standard InChI is InChI=1S/C21H28N4.HI/c1-22-21(23-14-12-18-8-4-2-5-9-18)24-16-19-13-15-25(17-19)20-10-6-3-7-11-20;/h2-11,19H,12-17H2,1H3,(H2,22,23,24);1H. The van der Waals surface area contributed by atoms with Gasteiger partial charge in [-0.1, -0.05) is 48.5 Å². The summed E-state index contributed by atoms with van der Waals surface area (Å²) in [5.41, 5.74) is 2.68. The minimum absolute atomic E-state index is 0. The molecule has 1 saturated heterocycles. The van der Waals surface area contributed by atoms with Crippen LogP contribution in [0.1, 0.15) is 12.0 Å². The number of benzene rings is 2. The molecule has 5 heteroatoms. The van der Waals surface area contributed by atoms with Crippen molar-refractivity contribution < 1.29 is 0 Å². The average Bonchev–Trinajstić information content (AvgIpc) is 3.15. The number of halogens is 1. The van der Waals surface area contributed by atoms with E-state index in [0.29, 0.717) is 5.92 Å². The number of aliphatic imine (C=N–C) groups is 1. The first kappa shape index (κ1) is 20.6. The van der Waals surface area contributed by atoms with Gasteiger partial charge in [0.2, 0.25) is 0 Å². The highest BCUT2D eigenvalue weighted by Gasteiger charge is 2.22. The number of anilines is 1. The molecular formula is C21H29IN4.